The van der Waals surface area contributed by atoms with Crippen LogP contribution in [0.2, 0.25) is 0 Å². The van der Waals surface area contributed by atoms with Crippen molar-refractivity contribution in [3.63, 3.8) is 0 Å². The Labute approximate surface area is 53.7 Å². The van der Waals surface area contributed by atoms with Crippen LogP contribution in [-0.2, 0) is 0 Å². The molecular formula is C3H13AlO3. The molecule has 0 fully saturated rings. The van der Waals surface area contributed by atoms with Gasteiger partial charge in [0.15, 0.2) is 17.4 Å². The van der Waals surface area contributed by atoms with Crippen molar-refractivity contribution in [1.29, 1.82) is 0 Å². The summed E-state index contributed by atoms with van der Waals surface area (Å²) < 4.78 is 0. The quantitative estimate of drug-likeness (QED) is 0.225. The third kappa shape index (κ3) is 734. The lowest BCUT2D eigenvalue weighted by atomic mass is 10.5. The number of aliphatic hydroxyl groups excluding tert-OH is 1. The van der Waals surface area contributed by atoms with E-state index in [4.69, 9.17) is 15.6 Å². The Morgan fingerprint density at radius 1 is 1.14 bits per heavy atom. The van der Waals surface area contributed by atoms with Gasteiger partial charge in [0.2, 0.25) is 0 Å². The van der Waals surface area contributed by atoms with Crippen LogP contribution in [0.4, 0.5) is 0 Å². The molecule has 0 aromatic rings. The highest BCUT2D eigenvalue weighted by Crippen LogP contribution is 1.65. The minimum Gasteiger partial charge on any atom is -0.394 e. The van der Waals surface area contributed by atoms with Crippen LogP contribution in [0, 0.1) is 0 Å². The molecule has 7 heavy (non-hydrogen) atoms. The zero-order chi connectivity index (χ0) is 5.58. The zero-order valence-corrected chi connectivity index (χ0v) is 3.92. The molecule has 46 valence electrons. The van der Waals surface area contributed by atoms with E-state index in [0.29, 0.717) is 0 Å². The molecule has 0 heterocycles. The highest BCUT2D eigenvalue weighted by atomic mass is 27.0. The molecule has 3 N–H and O–H groups in total. The summed E-state index contributed by atoms with van der Waals surface area (Å²) in [5, 5.41) is 20.1. The average Bonchev–Trinajstić information content (AvgIpc) is 1.41. The summed E-state index contributed by atoms with van der Waals surface area (Å²) in [6.45, 7) is 3.44. The van der Waals surface area contributed by atoms with Crippen LogP contribution in [0.1, 0.15) is 13.8 Å². The Balaban J connectivity index is -0.0000000480. The van der Waals surface area contributed by atoms with Gasteiger partial charge in [0.1, 0.15) is 0 Å². The normalized spacial score (nSPS) is 6.00. The molecule has 4 heteroatoms. The fourth-order valence-corrected chi connectivity index (χ4v) is 0. The molecule has 0 radical (unpaired) electrons. The summed E-state index contributed by atoms with van der Waals surface area (Å²) >= 11 is 0. The molecule has 0 amide bonds. The summed E-state index contributed by atoms with van der Waals surface area (Å²) in [5.74, 6) is 0. The first-order valence-electron chi connectivity index (χ1n) is 1.61. The van der Waals surface area contributed by atoms with Crippen LogP contribution >= 0.6 is 0 Å². The molecule has 0 aromatic heterocycles. The second kappa shape index (κ2) is 16.1. The number of hydrogen-bond donors (Lipinski definition) is 3. The van der Waals surface area contributed by atoms with Crippen LogP contribution in [0.15, 0.2) is 0 Å². The molecule has 0 saturated heterocycles. The van der Waals surface area contributed by atoms with E-state index in [2.05, 4.69) is 0 Å². The standard InChI is InChI=1S/C3H8O.Al.H2O2.3H/c1-3(2)4;;1-2;;;/h3-4H,1-2H3;;1-2H;;;. The maximum Gasteiger partial charge on any atom is 0.187 e. The summed E-state index contributed by atoms with van der Waals surface area (Å²) in [6.07, 6.45) is -0.167. The minimum atomic E-state index is -0.167. The largest absolute Gasteiger partial charge is 0.394 e. The highest BCUT2D eigenvalue weighted by molar-refractivity contribution is 5.75. The predicted octanol–water partition coefficient (Wildman–Crippen LogP) is -0.779. The van der Waals surface area contributed by atoms with Gasteiger partial charge >= 0.3 is 0 Å². The van der Waals surface area contributed by atoms with Crippen molar-refractivity contribution < 1.29 is 15.6 Å². The molecule has 0 atom stereocenters. The van der Waals surface area contributed by atoms with Gasteiger partial charge in [-0.2, -0.15) is 0 Å². The highest BCUT2D eigenvalue weighted by Gasteiger charge is 1.69. The van der Waals surface area contributed by atoms with Gasteiger partial charge in [-0.1, -0.05) is 0 Å². The number of aliphatic hydroxyl groups is 1. The van der Waals surface area contributed by atoms with Crippen molar-refractivity contribution in [3.8, 4) is 0 Å². The second-order valence-electron chi connectivity index (χ2n) is 1.09. The van der Waals surface area contributed by atoms with Gasteiger partial charge in [-0.25, -0.2) is 0 Å². The molecule has 0 rings (SSSR count). The van der Waals surface area contributed by atoms with Gasteiger partial charge in [0.05, 0.1) is 0 Å². The molecule has 0 spiro atoms. The van der Waals surface area contributed by atoms with E-state index in [9.17, 15) is 0 Å². The molecule has 0 aliphatic rings. The fraction of sp³-hybridized carbons (Fsp3) is 1.00. The van der Waals surface area contributed by atoms with Crippen LogP contribution in [0.5, 0.6) is 0 Å². The molecule has 0 aliphatic heterocycles. The number of hydrogen-bond acceptors (Lipinski definition) is 3. The zero-order valence-electron chi connectivity index (χ0n) is 3.92. The van der Waals surface area contributed by atoms with E-state index in [1.807, 2.05) is 0 Å². The summed E-state index contributed by atoms with van der Waals surface area (Å²) in [7, 11) is 0. The lowest BCUT2D eigenvalue weighted by molar-refractivity contribution is -0.176. The SMILES string of the molecule is CC(C)O.OO.[AlH3]. The first kappa shape index (κ1) is 15.7. The molecule has 0 bridgehead atoms. The van der Waals surface area contributed by atoms with Crippen LogP contribution in [-0.4, -0.2) is 39.1 Å². The van der Waals surface area contributed by atoms with Gasteiger partial charge < -0.3 is 5.11 Å². The molecular weight excluding hydrogens is 111 g/mol. The van der Waals surface area contributed by atoms with E-state index < -0.39 is 0 Å². The Bertz CT molecular complexity index is 14.9. The van der Waals surface area contributed by atoms with Crippen LogP contribution in [0.3, 0.4) is 0 Å². The fourth-order valence-electron chi connectivity index (χ4n) is 0. The molecule has 0 saturated carbocycles. The van der Waals surface area contributed by atoms with Crippen molar-refractivity contribution >= 4 is 17.4 Å². The van der Waals surface area contributed by atoms with Crippen LogP contribution in [0.25, 0.3) is 0 Å². The lowest BCUT2D eigenvalue weighted by Crippen LogP contribution is -1.85. The summed E-state index contributed by atoms with van der Waals surface area (Å²) in [4.78, 5) is 0. The Kier molecular flexibility index (Phi) is 36.1. The monoisotopic (exact) mass is 124 g/mol. The summed E-state index contributed by atoms with van der Waals surface area (Å²) in [5.41, 5.74) is 0. The van der Waals surface area contributed by atoms with Crippen molar-refractivity contribution in [3.05, 3.63) is 0 Å². The maximum atomic E-state index is 8.06. The first-order valence-corrected chi connectivity index (χ1v) is 1.61. The topological polar surface area (TPSA) is 60.7 Å². The van der Waals surface area contributed by atoms with Crippen LogP contribution < -0.4 is 0 Å². The molecule has 0 aromatic carbocycles. The third-order valence-electron chi connectivity index (χ3n) is 0. The van der Waals surface area contributed by atoms with Gasteiger partial charge in [0.25, 0.3) is 0 Å². The van der Waals surface area contributed by atoms with Crippen molar-refractivity contribution in [2.24, 2.45) is 0 Å². The van der Waals surface area contributed by atoms with E-state index >= 15 is 0 Å². The second-order valence-corrected chi connectivity index (χ2v) is 1.09. The Morgan fingerprint density at radius 2 is 1.14 bits per heavy atom. The van der Waals surface area contributed by atoms with Gasteiger partial charge in [0, 0.05) is 6.10 Å². The maximum absolute atomic E-state index is 8.06. The van der Waals surface area contributed by atoms with E-state index in [1.54, 1.807) is 13.8 Å². The lowest BCUT2D eigenvalue weighted by Gasteiger charge is -1.80. The van der Waals surface area contributed by atoms with Crippen molar-refractivity contribution in [2.45, 2.75) is 20.0 Å². The molecule has 0 unspecified atom stereocenters. The molecule has 3 nitrogen and oxygen atoms in total. The van der Waals surface area contributed by atoms with E-state index in [1.165, 1.54) is 0 Å². The van der Waals surface area contributed by atoms with Gasteiger partial charge in [-0.05, 0) is 13.8 Å². The smallest absolute Gasteiger partial charge is 0.187 e. The molecule has 0 aliphatic carbocycles. The Hall–Kier alpha value is 0.412. The summed E-state index contributed by atoms with van der Waals surface area (Å²) in [6, 6.07) is 0. The third-order valence-corrected chi connectivity index (χ3v) is 0. The average molecular weight is 124 g/mol. The van der Waals surface area contributed by atoms with Crippen molar-refractivity contribution in [2.75, 3.05) is 0 Å². The van der Waals surface area contributed by atoms with Gasteiger partial charge in [-0.15, -0.1) is 0 Å². The van der Waals surface area contributed by atoms with E-state index in [-0.39, 0.29) is 23.5 Å². The van der Waals surface area contributed by atoms with E-state index in [0.717, 1.165) is 0 Å². The first-order chi connectivity index (χ1) is 2.73. The Morgan fingerprint density at radius 3 is 1.14 bits per heavy atom. The number of rotatable bonds is 0. The van der Waals surface area contributed by atoms with Crippen molar-refractivity contribution in [1.82, 2.24) is 0 Å². The van der Waals surface area contributed by atoms with Gasteiger partial charge in [-0.3, -0.25) is 10.5 Å². The minimum absolute atomic E-state index is 0. The predicted molar refractivity (Wildman–Crippen MR) is 32.6 cm³/mol.